The van der Waals surface area contributed by atoms with Crippen molar-refractivity contribution in [1.82, 2.24) is 4.72 Å². The van der Waals surface area contributed by atoms with E-state index in [2.05, 4.69) is 9.46 Å². The predicted molar refractivity (Wildman–Crippen MR) is 86.0 cm³/mol. The summed E-state index contributed by atoms with van der Waals surface area (Å²) in [5.41, 5.74) is 0.978. The molecule has 2 atom stereocenters. The van der Waals surface area contributed by atoms with Crippen LogP contribution in [0, 0.1) is 0 Å². The first-order valence-corrected chi connectivity index (χ1v) is 9.14. The Morgan fingerprint density at radius 3 is 2.20 bits per heavy atom. The molecule has 4 nitrogen and oxygen atoms in total. The maximum absolute atomic E-state index is 12.3. The molecule has 1 saturated carbocycles. The molecule has 1 fully saturated rings. The molecule has 0 aromatic heterocycles. The average Bonchev–Trinajstić information content (AvgIpc) is 3.25. The number of alkyl halides is 3. The summed E-state index contributed by atoms with van der Waals surface area (Å²) >= 11 is 5.82. The summed E-state index contributed by atoms with van der Waals surface area (Å²) in [4.78, 5) is -0.121. The van der Waals surface area contributed by atoms with E-state index in [4.69, 9.17) is 11.6 Å². The topological polar surface area (TPSA) is 55.4 Å². The number of hydrogen-bond acceptors (Lipinski definition) is 3. The number of halogens is 4. The van der Waals surface area contributed by atoms with Crippen LogP contribution in [0.1, 0.15) is 17.9 Å². The third kappa shape index (κ3) is 4.65. The Morgan fingerprint density at radius 2 is 1.64 bits per heavy atom. The van der Waals surface area contributed by atoms with Crippen LogP contribution in [0.25, 0.3) is 0 Å². The minimum Gasteiger partial charge on any atom is -0.406 e. The van der Waals surface area contributed by atoms with Crippen molar-refractivity contribution in [2.75, 3.05) is 0 Å². The van der Waals surface area contributed by atoms with Crippen molar-refractivity contribution in [2.45, 2.75) is 29.6 Å². The molecule has 1 N–H and O–H groups in total. The molecule has 0 bridgehead atoms. The molecule has 0 aliphatic heterocycles. The van der Waals surface area contributed by atoms with E-state index in [1.54, 1.807) is 12.1 Å². The Bertz CT molecular complexity index is 852. The Hall–Kier alpha value is -1.77. The SMILES string of the molecule is O=S(=O)(N[C@H]1C[C@@H]1c1ccc(Cl)cc1)c1ccc(OC(F)(F)F)cc1. The van der Waals surface area contributed by atoms with Crippen LogP contribution in [0.2, 0.25) is 5.02 Å². The number of nitrogens with one attached hydrogen (secondary N) is 1. The number of sulfonamides is 1. The van der Waals surface area contributed by atoms with Crippen LogP contribution in [0.15, 0.2) is 53.4 Å². The molecule has 0 saturated heterocycles. The monoisotopic (exact) mass is 391 g/mol. The van der Waals surface area contributed by atoms with E-state index in [0.717, 1.165) is 29.8 Å². The van der Waals surface area contributed by atoms with Gasteiger partial charge >= 0.3 is 6.36 Å². The van der Waals surface area contributed by atoms with Crippen LogP contribution in [0.4, 0.5) is 13.2 Å². The molecular weight excluding hydrogens is 379 g/mol. The second-order valence-electron chi connectivity index (χ2n) is 5.64. The highest BCUT2D eigenvalue weighted by molar-refractivity contribution is 7.89. The average molecular weight is 392 g/mol. The fourth-order valence-corrected chi connectivity index (χ4v) is 3.91. The molecule has 25 heavy (non-hydrogen) atoms. The highest BCUT2D eigenvalue weighted by Crippen LogP contribution is 2.41. The minimum absolute atomic E-state index is 0.0554. The number of benzene rings is 2. The molecule has 1 aliphatic carbocycles. The van der Waals surface area contributed by atoms with Crippen LogP contribution in [0.5, 0.6) is 5.75 Å². The van der Waals surface area contributed by atoms with Crippen molar-refractivity contribution < 1.29 is 26.3 Å². The van der Waals surface area contributed by atoms with Gasteiger partial charge in [-0.15, -0.1) is 13.2 Å². The normalized spacial score (nSPS) is 20.3. The molecule has 1 aliphatic rings. The van der Waals surface area contributed by atoms with Gasteiger partial charge in [0.1, 0.15) is 5.75 Å². The third-order valence-corrected chi connectivity index (χ3v) is 5.52. The van der Waals surface area contributed by atoms with Crippen LogP contribution >= 0.6 is 11.6 Å². The van der Waals surface area contributed by atoms with Crippen molar-refractivity contribution in [3.8, 4) is 5.75 Å². The summed E-state index contributed by atoms with van der Waals surface area (Å²) in [6.45, 7) is 0. The molecule has 0 amide bonds. The Kier molecular flexibility index (Phi) is 4.70. The van der Waals surface area contributed by atoms with Gasteiger partial charge in [0.2, 0.25) is 10.0 Å². The van der Waals surface area contributed by atoms with E-state index in [-0.39, 0.29) is 16.9 Å². The summed E-state index contributed by atoms with van der Waals surface area (Å²) < 4.78 is 67.3. The second-order valence-corrected chi connectivity index (χ2v) is 7.79. The highest BCUT2D eigenvalue weighted by Gasteiger charge is 2.41. The van der Waals surface area contributed by atoms with Gasteiger partial charge < -0.3 is 4.74 Å². The van der Waals surface area contributed by atoms with Crippen molar-refractivity contribution in [2.24, 2.45) is 0 Å². The molecule has 3 rings (SSSR count). The van der Waals surface area contributed by atoms with Gasteiger partial charge in [-0.2, -0.15) is 0 Å². The molecule has 0 heterocycles. The number of hydrogen-bond donors (Lipinski definition) is 1. The second kappa shape index (κ2) is 6.51. The maximum Gasteiger partial charge on any atom is 0.573 e. The van der Waals surface area contributed by atoms with E-state index >= 15 is 0 Å². The van der Waals surface area contributed by atoms with Gasteiger partial charge in [0.15, 0.2) is 0 Å². The lowest BCUT2D eigenvalue weighted by molar-refractivity contribution is -0.274. The molecule has 0 radical (unpaired) electrons. The Balaban J connectivity index is 1.65. The molecular formula is C16H13ClF3NO3S. The van der Waals surface area contributed by atoms with Crippen molar-refractivity contribution in [3.05, 3.63) is 59.1 Å². The lowest BCUT2D eigenvalue weighted by Crippen LogP contribution is -2.26. The van der Waals surface area contributed by atoms with Crippen molar-refractivity contribution in [3.63, 3.8) is 0 Å². The minimum atomic E-state index is -4.82. The Labute approximate surface area is 147 Å². The van der Waals surface area contributed by atoms with E-state index < -0.39 is 22.1 Å². The summed E-state index contributed by atoms with van der Waals surface area (Å²) in [5, 5.41) is 0.600. The van der Waals surface area contributed by atoms with Gasteiger partial charge in [-0.05, 0) is 48.4 Å². The number of ether oxygens (including phenoxy) is 1. The zero-order valence-corrected chi connectivity index (χ0v) is 14.2. The van der Waals surface area contributed by atoms with Crippen LogP contribution in [0.3, 0.4) is 0 Å². The smallest absolute Gasteiger partial charge is 0.406 e. The fraction of sp³-hybridized carbons (Fsp3) is 0.250. The predicted octanol–water partition coefficient (Wildman–Crippen LogP) is 4.07. The van der Waals surface area contributed by atoms with Crippen LogP contribution in [-0.2, 0) is 10.0 Å². The lowest BCUT2D eigenvalue weighted by atomic mass is 10.1. The molecule has 0 spiro atoms. The quantitative estimate of drug-likeness (QED) is 0.835. The van der Waals surface area contributed by atoms with Crippen molar-refractivity contribution in [1.29, 1.82) is 0 Å². The maximum atomic E-state index is 12.3. The van der Waals surface area contributed by atoms with Gasteiger partial charge in [0.05, 0.1) is 4.90 Å². The first kappa shape index (κ1) is 18.0. The van der Waals surface area contributed by atoms with Crippen LogP contribution in [-0.4, -0.2) is 20.8 Å². The lowest BCUT2D eigenvalue weighted by Gasteiger charge is -2.10. The van der Waals surface area contributed by atoms with Crippen LogP contribution < -0.4 is 9.46 Å². The van der Waals surface area contributed by atoms with Gasteiger partial charge in [0, 0.05) is 17.0 Å². The molecule has 2 aromatic carbocycles. The zero-order chi connectivity index (χ0) is 18.2. The van der Waals surface area contributed by atoms with E-state index in [1.165, 1.54) is 0 Å². The molecule has 9 heteroatoms. The van der Waals surface area contributed by atoms with Gasteiger partial charge in [-0.3, -0.25) is 0 Å². The fourth-order valence-electron chi connectivity index (χ4n) is 2.49. The van der Waals surface area contributed by atoms with E-state index in [1.807, 2.05) is 12.1 Å². The van der Waals surface area contributed by atoms with E-state index in [9.17, 15) is 21.6 Å². The van der Waals surface area contributed by atoms with Gasteiger partial charge in [-0.1, -0.05) is 23.7 Å². The summed E-state index contributed by atoms with van der Waals surface area (Å²) in [5.74, 6) is -0.420. The van der Waals surface area contributed by atoms with Gasteiger partial charge in [-0.25, -0.2) is 13.1 Å². The Morgan fingerprint density at radius 1 is 1.04 bits per heavy atom. The van der Waals surface area contributed by atoms with E-state index in [0.29, 0.717) is 11.4 Å². The third-order valence-electron chi connectivity index (χ3n) is 3.76. The molecule has 0 unspecified atom stereocenters. The highest BCUT2D eigenvalue weighted by atomic mass is 35.5. The summed E-state index contributed by atoms with van der Waals surface area (Å²) in [7, 11) is -3.82. The summed E-state index contributed by atoms with van der Waals surface area (Å²) in [6.07, 6.45) is -4.17. The molecule has 134 valence electrons. The largest absolute Gasteiger partial charge is 0.573 e. The van der Waals surface area contributed by atoms with Crippen molar-refractivity contribution >= 4 is 21.6 Å². The zero-order valence-electron chi connectivity index (χ0n) is 12.6. The summed E-state index contributed by atoms with van der Waals surface area (Å²) in [6, 6.07) is 11.0. The number of rotatable bonds is 5. The first-order chi connectivity index (χ1) is 11.6. The first-order valence-electron chi connectivity index (χ1n) is 7.28. The van der Waals surface area contributed by atoms with Gasteiger partial charge in [0.25, 0.3) is 0 Å². The standard InChI is InChI=1S/C16H13ClF3NO3S/c17-11-3-1-10(2-4-11)14-9-15(14)21-25(22,23)13-7-5-12(6-8-13)24-16(18,19)20/h1-8,14-15,21H,9H2/t14-,15+/m1/s1. The molecule has 2 aromatic rings.